The van der Waals surface area contributed by atoms with Crippen LogP contribution in [0, 0.1) is 0 Å². The van der Waals surface area contributed by atoms with Gasteiger partial charge in [0.25, 0.3) is 0 Å². The van der Waals surface area contributed by atoms with Crippen LogP contribution in [0.25, 0.3) is 0 Å². The summed E-state index contributed by atoms with van der Waals surface area (Å²) in [6.45, 7) is 0.212. The van der Waals surface area contributed by atoms with Crippen molar-refractivity contribution in [1.29, 1.82) is 0 Å². The van der Waals surface area contributed by atoms with Crippen molar-refractivity contribution in [3.05, 3.63) is 119 Å². The molecule has 10 nitrogen and oxygen atoms in total. The standard InChI is InChI=1S/C32H33N5O5/c33-28-17-21(15-16-35-28)5-14-27(31(41)36-19-22-3-1-20(2-4-22)18-29(34)40)37-32(42)30(23-6-10-25(38)11-7-23)24-8-12-26(39)13-9-24/h1-4,6-13,15-17,27,30,38-39H,5,14,18-19H2,(H2,33,35)(H2,34,40)(H,36,41)(H,37,42). The molecule has 0 spiro atoms. The van der Waals surface area contributed by atoms with E-state index >= 15 is 0 Å². The number of aromatic hydroxyl groups is 2. The molecule has 8 N–H and O–H groups in total. The SMILES string of the molecule is NC(=O)Cc1ccc(CNC(=O)C(CCc2ccnc(N)c2)NC(=O)C(c2ccc(O)cc2)c2ccc(O)cc2)cc1. The van der Waals surface area contributed by atoms with Crippen LogP contribution in [0.15, 0.2) is 91.1 Å². The fourth-order valence-corrected chi connectivity index (χ4v) is 4.60. The van der Waals surface area contributed by atoms with E-state index in [-0.39, 0.29) is 36.8 Å². The number of phenols is 2. The molecule has 10 heteroatoms. The van der Waals surface area contributed by atoms with Crippen LogP contribution in [0.4, 0.5) is 5.82 Å². The highest BCUT2D eigenvalue weighted by atomic mass is 16.3. The number of benzene rings is 3. The Morgan fingerprint density at radius 1 is 0.762 bits per heavy atom. The number of pyridine rings is 1. The van der Waals surface area contributed by atoms with E-state index in [9.17, 15) is 24.6 Å². The molecule has 0 aliphatic carbocycles. The van der Waals surface area contributed by atoms with Gasteiger partial charge in [0.15, 0.2) is 0 Å². The van der Waals surface area contributed by atoms with E-state index in [2.05, 4.69) is 15.6 Å². The summed E-state index contributed by atoms with van der Waals surface area (Å²) in [7, 11) is 0. The Morgan fingerprint density at radius 2 is 1.33 bits per heavy atom. The highest BCUT2D eigenvalue weighted by Gasteiger charge is 2.28. The Bertz CT molecular complexity index is 1480. The maximum Gasteiger partial charge on any atom is 0.242 e. The molecule has 3 aromatic carbocycles. The number of carbonyl (C=O) groups is 3. The average molecular weight is 568 g/mol. The average Bonchev–Trinajstić information content (AvgIpc) is 2.96. The zero-order chi connectivity index (χ0) is 30.1. The molecular formula is C32H33N5O5. The van der Waals surface area contributed by atoms with E-state index in [1.807, 2.05) is 0 Å². The molecule has 0 aliphatic heterocycles. The van der Waals surface area contributed by atoms with Crippen LogP contribution in [-0.2, 0) is 33.8 Å². The van der Waals surface area contributed by atoms with Gasteiger partial charge in [-0.3, -0.25) is 14.4 Å². The lowest BCUT2D eigenvalue weighted by Crippen LogP contribution is -2.48. The number of nitrogens with one attached hydrogen (secondary N) is 2. The van der Waals surface area contributed by atoms with Crippen LogP contribution in [0.2, 0.25) is 0 Å². The van der Waals surface area contributed by atoms with Crippen LogP contribution in [-0.4, -0.2) is 39.0 Å². The Balaban J connectivity index is 1.54. The molecule has 1 atom stereocenters. The summed E-state index contributed by atoms with van der Waals surface area (Å²) >= 11 is 0. The van der Waals surface area contributed by atoms with E-state index in [0.29, 0.717) is 23.4 Å². The molecule has 0 aliphatic rings. The maximum atomic E-state index is 13.8. The van der Waals surface area contributed by atoms with Crippen LogP contribution in [0.1, 0.15) is 40.2 Å². The van der Waals surface area contributed by atoms with E-state index < -0.39 is 23.8 Å². The van der Waals surface area contributed by atoms with Crippen LogP contribution in [0.3, 0.4) is 0 Å². The maximum absolute atomic E-state index is 13.8. The molecule has 1 heterocycles. The lowest BCUT2D eigenvalue weighted by molar-refractivity contribution is -0.129. The van der Waals surface area contributed by atoms with Crippen LogP contribution < -0.4 is 22.1 Å². The van der Waals surface area contributed by atoms with Crippen LogP contribution >= 0.6 is 0 Å². The molecule has 1 aromatic heterocycles. The summed E-state index contributed by atoms with van der Waals surface area (Å²) in [5.41, 5.74) is 14.7. The number of phenolic OH excluding ortho intramolecular Hbond substituents is 2. The van der Waals surface area contributed by atoms with Gasteiger partial charge in [-0.05, 0) is 77.1 Å². The lowest BCUT2D eigenvalue weighted by atomic mass is 9.89. The summed E-state index contributed by atoms with van der Waals surface area (Å²) in [6, 6.07) is 22.3. The Morgan fingerprint density at radius 3 is 1.88 bits per heavy atom. The summed E-state index contributed by atoms with van der Waals surface area (Å²) in [4.78, 5) is 42.4. The number of nitrogens with two attached hydrogens (primary N) is 2. The largest absolute Gasteiger partial charge is 0.508 e. The molecule has 0 radical (unpaired) electrons. The quantitative estimate of drug-likeness (QED) is 0.152. The monoisotopic (exact) mass is 567 g/mol. The molecular weight excluding hydrogens is 534 g/mol. The van der Waals surface area contributed by atoms with Crippen molar-refractivity contribution in [2.24, 2.45) is 5.73 Å². The second-order valence-electron chi connectivity index (χ2n) is 9.98. The predicted octanol–water partition coefficient (Wildman–Crippen LogP) is 2.67. The molecule has 1 unspecified atom stereocenters. The first kappa shape index (κ1) is 29.6. The van der Waals surface area contributed by atoms with Crippen LogP contribution in [0.5, 0.6) is 11.5 Å². The van der Waals surface area contributed by atoms with Crippen molar-refractivity contribution in [2.45, 2.75) is 37.8 Å². The molecule has 0 saturated heterocycles. The van der Waals surface area contributed by atoms with E-state index in [4.69, 9.17) is 11.5 Å². The predicted molar refractivity (Wildman–Crippen MR) is 158 cm³/mol. The van der Waals surface area contributed by atoms with Gasteiger partial charge in [0.1, 0.15) is 23.4 Å². The summed E-state index contributed by atoms with van der Waals surface area (Å²) < 4.78 is 0. The first-order chi connectivity index (χ1) is 20.2. The normalized spacial score (nSPS) is 11.5. The topological polar surface area (TPSA) is 181 Å². The molecule has 0 saturated carbocycles. The van der Waals surface area contributed by atoms with Gasteiger partial charge in [-0.25, -0.2) is 4.98 Å². The Labute approximate surface area is 243 Å². The van der Waals surface area contributed by atoms with Crippen molar-refractivity contribution in [3.63, 3.8) is 0 Å². The number of aromatic nitrogens is 1. The van der Waals surface area contributed by atoms with E-state index in [0.717, 1.165) is 16.7 Å². The van der Waals surface area contributed by atoms with Crippen molar-refractivity contribution in [1.82, 2.24) is 15.6 Å². The zero-order valence-electron chi connectivity index (χ0n) is 22.9. The number of aryl methyl sites for hydroxylation is 1. The molecule has 42 heavy (non-hydrogen) atoms. The third kappa shape index (κ3) is 8.31. The fraction of sp³-hybridized carbons (Fsp3) is 0.188. The Hall–Kier alpha value is -5.38. The first-order valence-electron chi connectivity index (χ1n) is 13.4. The van der Waals surface area contributed by atoms with E-state index in [1.54, 1.807) is 66.9 Å². The van der Waals surface area contributed by atoms with E-state index in [1.165, 1.54) is 24.3 Å². The minimum Gasteiger partial charge on any atom is -0.508 e. The third-order valence-electron chi connectivity index (χ3n) is 6.78. The number of primary amides is 1. The number of amides is 3. The van der Waals surface area contributed by atoms with Crippen molar-refractivity contribution < 1.29 is 24.6 Å². The van der Waals surface area contributed by atoms with Crippen molar-refractivity contribution in [3.8, 4) is 11.5 Å². The van der Waals surface area contributed by atoms with Gasteiger partial charge < -0.3 is 32.3 Å². The smallest absolute Gasteiger partial charge is 0.242 e. The third-order valence-corrected chi connectivity index (χ3v) is 6.78. The van der Waals surface area contributed by atoms with Gasteiger partial charge in [0.05, 0.1) is 12.3 Å². The number of anilines is 1. The minimum atomic E-state index is -0.891. The number of carbonyl (C=O) groups excluding carboxylic acids is 3. The lowest BCUT2D eigenvalue weighted by Gasteiger charge is -2.23. The molecule has 0 bridgehead atoms. The minimum absolute atomic E-state index is 0.0557. The summed E-state index contributed by atoms with van der Waals surface area (Å²) in [5.74, 6) is -1.56. The van der Waals surface area contributed by atoms with Crippen molar-refractivity contribution >= 4 is 23.5 Å². The molecule has 4 aromatic rings. The molecule has 0 fully saturated rings. The van der Waals surface area contributed by atoms with Gasteiger partial charge in [-0.15, -0.1) is 0 Å². The fourth-order valence-electron chi connectivity index (χ4n) is 4.60. The molecule has 216 valence electrons. The van der Waals surface area contributed by atoms with Gasteiger partial charge in [0, 0.05) is 12.7 Å². The first-order valence-corrected chi connectivity index (χ1v) is 13.4. The van der Waals surface area contributed by atoms with Gasteiger partial charge in [-0.2, -0.15) is 0 Å². The highest BCUT2D eigenvalue weighted by Crippen LogP contribution is 2.28. The number of nitrogen functional groups attached to an aromatic ring is 1. The summed E-state index contributed by atoms with van der Waals surface area (Å²) in [5, 5.41) is 25.4. The molecule has 3 amide bonds. The second-order valence-corrected chi connectivity index (χ2v) is 9.98. The Kier molecular flexibility index (Phi) is 9.73. The number of hydrogen-bond donors (Lipinski definition) is 6. The van der Waals surface area contributed by atoms with Gasteiger partial charge >= 0.3 is 0 Å². The summed E-state index contributed by atoms with van der Waals surface area (Å²) in [6.07, 6.45) is 2.46. The number of rotatable bonds is 12. The highest BCUT2D eigenvalue weighted by molar-refractivity contribution is 5.92. The molecule has 4 rings (SSSR count). The zero-order valence-corrected chi connectivity index (χ0v) is 22.9. The number of hydrogen-bond acceptors (Lipinski definition) is 7. The van der Waals surface area contributed by atoms with Crippen molar-refractivity contribution in [2.75, 3.05) is 5.73 Å². The number of nitrogens with zero attached hydrogens (tertiary/aromatic N) is 1. The van der Waals surface area contributed by atoms with Gasteiger partial charge in [-0.1, -0.05) is 48.5 Å². The second kappa shape index (κ2) is 13.8. The van der Waals surface area contributed by atoms with Gasteiger partial charge in [0.2, 0.25) is 17.7 Å².